The van der Waals surface area contributed by atoms with Gasteiger partial charge < -0.3 is 25.0 Å². The molecule has 6 unspecified atom stereocenters. The first-order valence-electron chi connectivity index (χ1n) is 17.2. The number of ether oxygens (including phenoxy) is 2. The Bertz CT molecular complexity index is 1560. The molecule has 2 N–H and O–H groups in total. The minimum absolute atomic E-state index is 0.0253. The molecule has 1 spiro atoms. The summed E-state index contributed by atoms with van der Waals surface area (Å²) in [6, 6.07) is 27.2. The Hall–Kier alpha value is -3.98. The lowest BCUT2D eigenvalue weighted by atomic mass is 9.72. The normalized spacial score (nSPS) is 28.4. The molecule has 1 saturated carbocycles. The van der Waals surface area contributed by atoms with Crippen LogP contribution in [0.2, 0.25) is 0 Å². The number of likely N-dealkylation sites (tertiary alicyclic amines) is 1. The number of carbonyl (C=O) groups excluding carboxylic acids is 2. The molecule has 2 saturated heterocycles. The highest BCUT2D eigenvalue weighted by Gasteiger charge is 2.71. The van der Waals surface area contributed by atoms with Crippen LogP contribution in [0, 0.1) is 11.8 Å². The average molecular weight is 635 g/mol. The molecule has 7 rings (SSSR count). The number of hydrogen-bond acceptors (Lipinski definition) is 6. The third kappa shape index (κ3) is 6.47. The average Bonchev–Trinajstić information content (AvgIpc) is 3.73. The van der Waals surface area contributed by atoms with E-state index in [9.17, 15) is 9.59 Å². The Morgan fingerprint density at radius 2 is 1.60 bits per heavy atom. The van der Waals surface area contributed by atoms with Crippen LogP contribution in [0.1, 0.15) is 44.6 Å². The number of benzene rings is 3. The van der Waals surface area contributed by atoms with Crippen molar-refractivity contribution in [1.82, 2.24) is 15.1 Å². The molecule has 3 aromatic rings. The van der Waals surface area contributed by atoms with Crippen molar-refractivity contribution < 1.29 is 19.1 Å². The third-order valence-electron chi connectivity index (χ3n) is 10.6. The molecule has 47 heavy (non-hydrogen) atoms. The monoisotopic (exact) mass is 634 g/mol. The quantitative estimate of drug-likeness (QED) is 0.252. The second-order valence-electron chi connectivity index (χ2n) is 13.7. The van der Waals surface area contributed by atoms with E-state index in [1.165, 1.54) is 12.0 Å². The Labute approximate surface area is 278 Å². The number of anilines is 1. The number of amides is 2. The largest absolute Gasteiger partial charge is 0.457 e. The van der Waals surface area contributed by atoms with Crippen molar-refractivity contribution in [3.8, 4) is 11.5 Å². The van der Waals surface area contributed by atoms with Crippen LogP contribution in [0.15, 0.2) is 97.1 Å². The van der Waals surface area contributed by atoms with Crippen molar-refractivity contribution in [1.29, 1.82) is 0 Å². The summed E-state index contributed by atoms with van der Waals surface area (Å²) in [6.07, 6.45) is 9.30. The fourth-order valence-corrected chi connectivity index (χ4v) is 8.39. The number of carbonyl (C=O) groups is 2. The van der Waals surface area contributed by atoms with Crippen LogP contribution in [-0.4, -0.2) is 71.6 Å². The molecular formula is C39H46N4O4. The molecular weight excluding hydrogens is 588 g/mol. The van der Waals surface area contributed by atoms with E-state index in [4.69, 9.17) is 9.47 Å². The molecule has 246 valence electrons. The summed E-state index contributed by atoms with van der Waals surface area (Å²) in [5.74, 6) is 0.839. The fourth-order valence-electron chi connectivity index (χ4n) is 8.39. The minimum atomic E-state index is -0.837. The fraction of sp³-hybridized carbons (Fsp3) is 0.436. The first-order valence-corrected chi connectivity index (χ1v) is 17.2. The lowest BCUT2D eigenvalue weighted by Gasteiger charge is -2.35. The van der Waals surface area contributed by atoms with Gasteiger partial charge in [0.05, 0.1) is 12.0 Å². The van der Waals surface area contributed by atoms with Gasteiger partial charge in [-0.15, -0.1) is 0 Å². The molecule has 8 heteroatoms. The standard InChI is InChI=1S/C39H46N4O4/c1-27-35-34(37(44)40-30-18-20-32(21-19-30)46-31-16-10-5-11-17-31)33-22-23-39(35,47-33)36(38(45)41-29-14-8-4-9-15-29)43(27)25-24-42(2)26-28-12-6-3-7-13-28/h3,5-7,10-13,16-23,27,29,33-36H,4,8-9,14-15,24-26H2,1-2H3,(H,40,44)(H,41,45). The van der Waals surface area contributed by atoms with Crippen LogP contribution < -0.4 is 15.4 Å². The predicted molar refractivity (Wildman–Crippen MR) is 183 cm³/mol. The number of nitrogens with one attached hydrogen (secondary N) is 2. The van der Waals surface area contributed by atoms with Gasteiger partial charge >= 0.3 is 0 Å². The summed E-state index contributed by atoms with van der Waals surface area (Å²) < 4.78 is 12.7. The zero-order chi connectivity index (χ0) is 32.4. The summed E-state index contributed by atoms with van der Waals surface area (Å²) in [5, 5.41) is 6.57. The molecule has 2 amide bonds. The number of likely N-dealkylation sites (N-methyl/N-ethyl adjacent to an activating group) is 1. The van der Waals surface area contributed by atoms with Gasteiger partial charge in [0.15, 0.2) is 0 Å². The van der Waals surface area contributed by atoms with Gasteiger partial charge in [0.1, 0.15) is 23.1 Å². The summed E-state index contributed by atoms with van der Waals surface area (Å²) in [5.41, 5.74) is 1.12. The van der Waals surface area contributed by atoms with E-state index in [0.29, 0.717) is 18.0 Å². The van der Waals surface area contributed by atoms with Crippen molar-refractivity contribution in [3.05, 3.63) is 103 Å². The van der Waals surface area contributed by atoms with Gasteiger partial charge in [-0.2, -0.15) is 0 Å². The highest BCUT2D eigenvalue weighted by atomic mass is 16.5. The Morgan fingerprint density at radius 1 is 0.915 bits per heavy atom. The molecule has 3 aromatic carbocycles. The first-order chi connectivity index (χ1) is 22.9. The van der Waals surface area contributed by atoms with Crippen LogP contribution in [0.25, 0.3) is 0 Å². The van der Waals surface area contributed by atoms with Gasteiger partial charge in [-0.1, -0.05) is 79.9 Å². The number of nitrogens with zero attached hydrogens (tertiary/aromatic N) is 2. The van der Waals surface area contributed by atoms with Crippen molar-refractivity contribution in [3.63, 3.8) is 0 Å². The second kappa shape index (κ2) is 13.6. The molecule has 8 nitrogen and oxygen atoms in total. The van der Waals surface area contributed by atoms with E-state index in [0.717, 1.165) is 44.5 Å². The smallest absolute Gasteiger partial charge is 0.240 e. The summed E-state index contributed by atoms with van der Waals surface area (Å²) >= 11 is 0. The van der Waals surface area contributed by atoms with Crippen LogP contribution in [-0.2, 0) is 20.9 Å². The first kappa shape index (κ1) is 31.6. The van der Waals surface area contributed by atoms with E-state index in [2.05, 4.69) is 64.7 Å². The third-order valence-corrected chi connectivity index (χ3v) is 10.6. The summed E-state index contributed by atoms with van der Waals surface area (Å²) in [7, 11) is 2.12. The zero-order valence-electron chi connectivity index (χ0n) is 27.4. The maximum atomic E-state index is 14.3. The molecule has 1 aliphatic carbocycles. The van der Waals surface area contributed by atoms with Crippen LogP contribution in [0.5, 0.6) is 11.5 Å². The Morgan fingerprint density at radius 3 is 2.32 bits per heavy atom. The minimum Gasteiger partial charge on any atom is -0.457 e. The van der Waals surface area contributed by atoms with Crippen molar-refractivity contribution >= 4 is 17.5 Å². The second-order valence-corrected chi connectivity index (χ2v) is 13.7. The van der Waals surface area contributed by atoms with Crippen LogP contribution >= 0.6 is 0 Å². The summed E-state index contributed by atoms with van der Waals surface area (Å²) in [6.45, 7) is 4.49. The summed E-state index contributed by atoms with van der Waals surface area (Å²) in [4.78, 5) is 32.9. The number of rotatable bonds is 11. The molecule has 0 radical (unpaired) electrons. The van der Waals surface area contributed by atoms with E-state index in [1.807, 2.05) is 66.7 Å². The molecule has 4 aliphatic rings. The van der Waals surface area contributed by atoms with Gasteiger partial charge in [0.25, 0.3) is 0 Å². The lowest BCUT2D eigenvalue weighted by molar-refractivity contribution is -0.133. The molecule has 6 atom stereocenters. The van der Waals surface area contributed by atoms with E-state index in [1.54, 1.807) is 0 Å². The van der Waals surface area contributed by atoms with Gasteiger partial charge in [-0.25, -0.2) is 0 Å². The van der Waals surface area contributed by atoms with Crippen molar-refractivity contribution in [2.24, 2.45) is 11.8 Å². The van der Waals surface area contributed by atoms with Crippen LogP contribution in [0.4, 0.5) is 5.69 Å². The number of hydrogen-bond donors (Lipinski definition) is 2. The van der Waals surface area contributed by atoms with E-state index in [-0.39, 0.29) is 35.9 Å². The molecule has 3 heterocycles. The van der Waals surface area contributed by atoms with Crippen molar-refractivity contribution in [2.75, 3.05) is 25.5 Å². The Balaban J connectivity index is 1.09. The predicted octanol–water partition coefficient (Wildman–Crippen LogP) is 6.01. The molecule has 3 aliphatic heterocycles. The van der Waals surface area contributed by atoms with E-state index < -0.39 is 17.6 Å². The van der Waals surface area contributed by atoms with Gasteiger partial charge in [0.2, 0.25) is 11.8 Å². The van der Waals surface area contributed by atoms with Gasteiger partial charge in [0, 0.05) is 43.3 Å². The lowest BCUT2D eigenvalue weighted by Crippen LogP contribution is -2.57. The van der Waals surface area contributed by atoms with Crippen molar-refractivity contribution in [2.45, 2.75) is 75.4 Å². The van der Waals surface area contributed by atoms with Gasteiger partial charge in [-0.05, 0) is 68.8 Å². The number of para-hydroxylation sites is 1. The highest BCUT2D eigenvalue weighted by Crippen LogP contribution is 2.57. The van der Waals surface area contributed by atoms with Gasteiger partial charge in [-0.3, -0.25) is 14.5 Å². The SMILES string of the molecule is CC1C2C(C(=O)Nc3ccc(Oc4ccccc4)cc3)C3C=CC2(O3)C(C(=O)NC2CCCCC2)N1CCN(C)Cc1ccccc1. The maximum absolute atomic E-state index is 14.3. The topological polar surface area (TPSA) is 83.1 Å². The molecule has 3 fully saturated rings. The highest BCUT2D eigenvalue weighted by molar-refractivity contribution is 5.95. The molecule has 2 bridgehead atoms. The zero-order valence-corrected chi connectivity index (χ0v) is 27.4. The molecule has 0 aromatic heterocycles. The van der Waals surface area contributed by atoms with Crippen LogP contribution in [0.3, 0.4) is 0 Å². The number of fused-ring (bicyclic) bond motifs is 1. The van der Waals surface area contributed by atoms with E-state index >= 15 is 0 Å². The maximum Gasteiger partial charge on any atom is 0.240 e. The Kier molecular flexibility index (Phi) is 9.17.